The van der Waals surface area contributed by atoms with E-state index in [1.165, 1.54) is 109 Å². The fourth-order valence-corrected chi connectivity index (χ4v) is 7.34. The summed E-state index contributed by atoms with van der Waals surface area (Å²) in [6.45, 7) is 3.61. The van der Waals surface area contributed by atoms with E-state index in [4.69, 9.17) is 9.47 Å². The van der Waals surface area contributed by atoms with Crippen LogP contribution in [0.4, 0.5) is 0 Å². The highest BCUT2D eigenvalue weighted by Crippen LogP contribution is 2.22. The number of aliphatic hydroxyl groups is 5. The molecule has 1 rings (SSSR count). The fourth-order valence-electron chi connectivity index (χ4n) is 7.34. The number of allylic oxidation sites excluding steroid dienone is 11. The summed E-state index contributed by atoms with van der Waals surface area (Å²) in [5.41, 5.74) is 0. The van der Waals surface area contributed by atoms with Crippen LogP contribution in [0, 0.1) is 0 Å². The number of carbonyl (C=O) groups excluding carboxylic acids is 1. The number of unbranched alkanes of at least 4 members (excludes halogenated alkanes) is 20. The van der Waals surface area contributed by atoms with Crippen molar-refractivity contribution in [1.82, 2.24) is 5.32 Å². The van der Waals surface area contributed by atoms with Crippen LogP contribution in [0.2, 0.25) is 0 Å². The van der Waals surface area contributed by atoms with Crippen LogP contribution in [-0.4, -0.2) is 87.5 Å². The molecule has 6 N–H and O–H groups in total. The molecule has 0 spiro atoms. The average molecular weight is 858 g/mol. The van der Waals surface area contributed by atoms with Gasteiger partial charge < -0.3 is 40.3 Å². The van der Waals surface area contributed by atoms with Crippen molar-refractivity contribution in [2.75, 3.05) is 13.2 Å². The molecule has 0 aromatic carbocycles. The Labute approximate surface area is 372 Å². The van der Waals surface area contributed by atoms with Crippen LogP contribution in [0.3, 0.4) is 0 Å². The maximum Gasteiger partial charge on any atom is 0.220 e. The van der Waals surface area contributed by atoms with Crippen molar-refractivity contribution >= 4 is 5.91 Å². The van der Waals surface area contributed by atoms with E-state index in [9.17, 15) is 30.3 Å². The molecule has 9 heteroatoms. The van der Waals surface area contributed by atoms with Crippen molar-refractivity contribution in [3.8, 4) is 0 Å². The van der Waals surface area contributed by atoms with Crippen molar-refractivity contribution in [1.29, 1.82) is 0 Å². The first-order valence-electron chi connectivity index (χ1n) is 24.7. The predicted molar refractivity (Wildman–Crippen MR) is 253 cm³/mol. The van der Waals surface area contributed by atoms with Crippen LogP contribution in [-0.2, 0) is 14.3 Å². The minimum absolute atomic E-state index is 0.221. The number of rotatable bonds is 40. The number of amides is 1. The summed E-state index contributed by atoms with van der Waals surface area (Å²) < 4.78 is 11.2. The maximum atomic E-state index is 12.9. The highest BCUT2D eigenvalue weighted by atomic mass is 16.7. The van der Waals surface area contributed by atoms with Crippen molar-refractivity contribution in [3.63, 3.8) is 0 Å². The number of ether oxygens (including phenoxy) is 2. The van der Waals surface area contributed by atoms with Crippen molar-refractivity contribution < 1.29 is 39.8 Å². The smallest absolute Gasteiger partial charge is 0.220 e. The average Bonchev–Trinajstić information content (AvgIpc) is 3.26. The van der Waals surface area contributed by atoms with Gasteiger partial charge in [0.2, 0.25) is 5.91 Å². The number of nitrogens with one attached hydrogen (secondary N) is 1. The largest absolute Gasteiger partial charge is 0.394 e. The Balaban J connectivity index is 2.36. The van der Waals surface area contributed by atoms with E-state index in [0.717, 1.165) is 57.8 Å². The lowest BCUT2D eigenvalue weighted by atomic mass is 9.99. The molecule has 1 aliphatic heterocycles. The van der Waals surface area contributed by atoms with Crippen LogP contribution in [0.25, 0.3) is 0 Å². The molecule has 7 atom stereocenters. The lowest BCUT2D eigenvalue weighted by Crippen LogP contribution is -2.60. The third-order valence-corrected chi connectivity index (χ3v) is 11.3. The minimum atomic E-state index is -1.58. The summed E-state index contributed by atoms with van der Waals surface area (Å²) in [6.07, 6.45) is 49.6. The Bertz CT molecular complexity index is 1180. The van der Waals surface area contributed by atoms with E-state index in [1.807, 2.05) is 6.08 Å². The Morgan fingerprint density at radius 2 is 1.03 bits per heavy atom. The molecule has 9 nitrogen and oxygen atoms in total. The van der Waals surface area contributed by atoms with E-state index in [1.54, 1.807) is 6.08 Å². The number of hydrogen-bond acceptors (Lipinski definition) is 8. The van der Waals surface area contributed by atoms with E-state index in [0.29, 0.717) is 6.42 Å². The second-order valence-electron chi connectivity index (χ2n) is 16.9. The zero-order valence-corrected chi connectivity index (χ0v) is 38.6. The monoisotopic (exact) mass is 858 g/mol. The summed E-state index contributed by atoms with van der Waals surface area (Å²) >= 11 is 0. The quantitative estimate of drug-likeness (QED) is 0.0264. The fraction of sp³-hybridized carbons (Fsp3) is 0.750. The highest BCUT2D eigenvalue weighted by Gasteiger charge is 2.44. The number of hydrogen-bond donors (Lipinski definition) is 6. The molecule has 1 fully saturated rings. The first kappa shape index (κ1) is 56.6. The molecule has 1 saturated heterocycles. The summed E-state index contributed by atoms with van der Waals surface area (Å²) in [6, 6.07) is -0.847. The second-order valence-corrected chi connectivity index (χ2v) is 16.9. The van der Waals surface area contributed by atoms with Crippen LogP contribution in [0.1, 0.15) is 194 Å². The summed E-state index contributed by atoms with van der Waals surface area (Å²) in [5.74, 6) is -0.229. The van der Waals surface area contributed by atoms with Gasteiger partial charge >= 0.3 is 0 Å². The Kier molecular flexibility index (Phi) is 38.7. The minimum Gasteiger partial charge on any atom is -0.394 e. The Morgan fingerprint density at radius 1 is 0.574 bits per heavy atom. The molecule has 7 unspecified atom stereocenters. The van der Waals surface area contributed by atoms with Crippen molar-refractivity contribution in [2.45, 2.75) is 236 Å². The normalized spacial score (nSPS) is 21.1. The van der Waals surface area contributed by atoms with Gasteiger partial charge in [0, 0.05) is 6.42 Å². The molecule has 0 aromatic heterocycles. The molecule has 61 heavy (non-hydrogen) atoms. The van der Waals surface area contributed by atoms with E-state index in [2.05, 4.69) is 79.9 Å². The van der Waals surface area contributed by atoms with Gasteiger partial charge in [-0.3, -0.25) is 4.79 Å². The molecule has 0 bridgehead atoms. The van der Waals surface area contributed by atoms with Crippen LogP contribution < -0.4 is 5.32 Å². The van der Waals surface area contributed by atoms with Crippen LogP contribution >= 0.6 is 0 Å². The molecule has 0 saturated carbocycles. The molecule has 1 amide bonds. The SMILES string of the molecule is CC/C=C\C/C=C\C/C=C\C/C=C\CCCCC(=O)NC(COC1OC(CO)C(O)C(O)C1O)C(O)/C=C/CC/C=C/CCCCCCCCCCCCCCCCCCC. The third-order valence-electron chi connectivity index (χ3n) is 11.3. The standard InChI is InChI=1S/C52H91NO8/c1-3-5-7-9-11-13-15-17-19-20-21-22-23-24-25-26-28-29-31-33-35-37-39-41-46(55)45(44-60-52-51(59)50(58)49(57)47(43-54)61-52)53-48(56)42-40-38-36-34-32-30-27-18-16-14-12-10-8-6-4-2/h6,8,12,14,18,27,31-34,39,41,45-47,49-52,54-55,57-59H,3-5,7,9-11,13,15-17,19-26,28-30,35-38,40,42-44H2,1-2H3,(H,53,56)/b8-6-,14-12-,27-18-,33-31+,34-32-,41-39+. The van der Waals surface area contributed by atoms with Gasteiger partial charge in [-0.05, 0) is 70.6 Å². The molecule has 0 aromatic rings. The molecule has 0 aliphatic carbocycles. The molecule has 1 aliphatic rings. The molecule has 352 valence electrons. The van der Waals surface area contributed by atoms with Gasteiger partial charge in [-0.2, -0.15) is 0 Å². The van der Waals surface area contributed by atoms with E-state index in [-0.39, 0.29) is 18.9 Å². The number of aliphatic hydroxyl groups excluding tert-OH is 5. The molecular formula is C52H91NO8. The van der Waals surface area contributed by atoms with Gasteiger partial charge in [0.15, 0.2) is 6.29 Å². The van der Waals surface area contributed by atoms with Gasteiger partial charge in [0.1, 0.15) is 24.4 Å². The summed E-state index contributed by atoms with van der Waals surface area (Å²) in [4.78, 5) is 12.9. The zero-order valence-electron chi connectivity index (χ0n) is 38.6. The lowest BCUT2D eigenvalue weighted by molar-refractivity contribution is -0.302. The summed E-state index contributed by atoms with van der Waals surface area (Å²) in [7, 11) is 0. The molecule has 0 radical (unpaired) electrons. The van der Waals surface area contributed by atoms with E-state index >= 15 is 0 Å². The summed E-state index contributed by atoms with van der Waals surface area (Å²) in [5, 5.41) is 54.2. The molecule has 1 heterocycles. The van der Waals surface area contributed by atoms with Gasteiger partial charge in [0.25, 0.3) is 0 Å². The van der Waals surface area contributed by atoms with Crippen LogP contribution in [0.15, 0.2) is 72.9 Å². The first-order chi connectivity index (χ1) is 29.8. The maximum absolute atomic E-state index is 12.9. The van der Waals surface area contributed by atoms with E-state index < -0.39 is 49.5 Å². The molecular weight excluding hydrogens is 767 g/mol. The topological polar surface area (TPSA) is 149 Å². The van der Waals surface area contributed by atoms with Gasteiger partial charge in [-0.25, -0.2) is 0 Å². The van der Waals surface area contributed by atoms with Crippen molar-refractivity contribution in [3.05, 3.63) is 72.9 Å². The van der Waals surface area contributed by atoms with Crippen molar-refractivity contribution in [2.24, 2.45) is 0 Å². The zero-order chi connectivity index (χ0) is 44.4. The van der Waals surface area contributed by atoms with Gasteiger partial charge in [-0.1, -0.05) is 189 Å². The number of carbonyl (C=O) groups is 1. The Hall–Kier alpha value is -2.37. The highest BCUT2D eigenvalue weighted by molar-refractivity contribution is 5.76. The first-order valence-corrected chi connectivity index (χ1v) is 24.7. The lowest BCUT2D eigenvalue weighted by Gasteiger charge is -2.40. The van der Waals surface area contributed by atoms with Crippen LogP contribution in [0.5, 0.6) is 0 Å². The second kappa shape index (κ2) is 41.6. The Morgan fingerprint density at radius 3 is 1.57 bits per heavy atom. The van der Waals surface area contributed by atoms with Gasteiger partial charge in [0.05, 0.1) is 25.4 Å². The predicted octanol–water partition coefficient (Wildman–Crippen LogP) is 10.9. The van der Waals surface area contributed by atoms with Gasteiger partial charge in [-0.15, -0.1) is 0 Å². The third kappa shape index (κ3) is 32.0.